The van der Waals surface area contributed by atoms with Crippen LogP contribution in [0.15, 0.2) is 35.3 Å². The van der Waals surface area contributed by atoms with Crippen molar-refractivity contribution in [3.63, 3.8) is 0 Å². The van der Waals surface area contributed by atoms with Crippen molar-refractivity contribution in [2.75, 3.05) is 5.32 Å². The van der Waals surface area contributed by atoms with Crippen molar-refractivity contribution in [2.45, 2.75) is 12.5 Å². The Bertz CT molecular complexity index is 488. The SMILES string of the molecule is C=CCC(N)C(=O)Nc1cc(Br)ccc1C(=O)O. The first-order valence-corrected chi connectivity index (χ1v) is 5.95. The molecule has 0 aliphatic carbocycles. The zero-order chi connectivity index (χ0) is 13.7. The topological polar surface area (TPSA) is 92.4 Å². The summed E-state index contributed by atoms with van der Waals surface area (Å²) in [5.74, 6) is -1.56. The van der Waals surface area contributed by atoms with Gasteiger partial charge < -0.3 is 16.2 Å². The minimum Gasteiger partial charge on any atom is -0.478 e. The Morgan fingerprint density at radius 2 is 2.22 bits per heavy atom. The van der Waals surface area contributed by atoms with Crippen LogP contribution < -0.4 is 11.1 Å². The lowest BCUT2D eigenvalue weighted by Gasteiger charge is -2.12. The second-order valence-corrected chi connectivity index (χ2v) is 4.53. The van der Waals surface area contributed by atoms with Crippen LogP contribution >= 0.6 is 15.9 Å². The largest absolute Gasteiger partial charge is 0.478 e. The number of nitrogens with two attached hydrogens (primary N) is 1. The number of carboxylic acid groups (broad SMARTS) is 1. The third-order valence-corrected chi connectivity index (χ3v) is 2.72. The smallest absolute Gasteiger partial charge is 0.337 e. The average molecular weight is 313 g/mol. The number of rotatable bonds is 5. The van der Waals surface area contributed by atoms with Crippen LogP contribution in [0, 0.1) is 0 Å². The normalized spacial score (nSPS) is 11.7. The number of carboxylic acids is 1. The molecular weight excluding hydrogens is 300 g/mol. The number of aromatic carboxylic acids is 1. The van der Waals surface area contributed by atoms with Crippen LogP contribution in [0.2, 0.25) is 0 Å². The van der Waals surface area contributed by atoms with Gasteiger partial charge >= 0.3 is 5.97 Å². The number of nitrogens with one attached hydrogen (secondary N) is 1. The number of anilines is 1. The maximum atomic E-state index is 11.7. The Morgan fingerprint density at radius 3 is 2.78 bits per heavy atom. The summed E-state index contributed by atoms with van der Waals surface area (Å²) >= 11 is 3.21. The molecule has 5 nitrogen and oxygen atoms in total. The highest BCUT2D eigenvalue weighted by atomic mass is 79.9. The van der Waals surface area contributed by atoms with Gasteiger partial charge in [0.1, 0.15) is 0 Å². The summed E-state index contributed by atoms with van der Waals surface area (Å²) in [5.41, 5.74) is 5.82. The summed E-state index contributed by atoms with van der Waals surface area (Å²) < 4.78 is 0.667. The maximum absolute atomic E-state index is 11.7. The van der Waals surface area contributed by atoms with E-state index in [4.69, 9.17) is 10.8 Å². The molecule has 6 heteroatoms. The van der Waals surface area contributed by atoms with Crippen molar-refractivity contribution < 1.29 is 14.7 Å². The van der Waals surface area contributed by atoms with Crippen molar-refractivity contribution in [1.29, 1.82) is 0 Å². The number of carbonyl (C=O) groups is 2. The van der Waals surface area contributed by atoms with Gasteiger partial charge in [-0.2, -0.15) is 0 Å². The monoisotopic (exact) mass is 312 g/mol. The van der Waals surface area contributed by atoms with E-state index in [1.807, 2.05) is 0 Å². The molecule has 0 aliphatic rings. The number of hydrogen-bond acceptors (Lipinski definition) is 3. The second-order valence-electron chi connectivity index (χ2n) is 3.62. The Balaban J connectivity index is 2.95. The molecule has 0 saturated heterocycles. The van der Waals surface area contributed by atoms with Gasteiger partial charge in [0, 0.05) is 4.47 Å². The molecule has 18 heavy (non-hydrogen) atoms. The van der Waals surface area contributed by atoms with Crippen molar-refractivity contribution in [2.24, 2.45) is 5.73 Å². The molecule has 0 heterocycles. The molecule has 0 aromatic heterocycles. The van der Waals surface area contributed by atoms with Crippen molar-refractivity contribution in [1.82, 2.24) is 0 Å². The van der Waals surface area contributed by atoms with Gasteiger partial charge in [-0.3, -0.25) is 4.79 Å². The van der Waals surface area contributed by atoms with Crippen molar-refractivity contribution in [3.05, 3.63) is 40.9 Å². The maximum Gasteiger partial charge on any atom is 0.337 e. The van der Waals surface area contributed by atoms with Gasteiger partial charge in [0.15, 0.2) is 0 Å². The molecule has 0 bridgehead atoms. The molecule has 1 atom stereocenters. The molecule has 1 amide bonds. The Hall–Kier alpha value is -1.66. The summed E-state index contributed by atoms with van der Waals surface area (Å²) in [6, 6.07) is 3.76. The fourth-order valence-electron chi connectivity index (χ4n) is 1.32. The first kappa shape index (κ1) is 14.4. The number of benzene rings is 1. The lowest BCUT2D eigenvalue weighted by atomic mass is 10.1. The van der Waals surface area contributed by atoms with E-state index in [1.54, 1.807) is 6.07 Å². The number of halogens is 1. The molecule has 0 aliphatic heterocycles. The fraction of sp³-hybridized carbons (Fsp3) is 0.167. The molecule has 1 aromatic carbocycles. The highest BCUT2D eigenvalue weighted by Crippen LogP contribution is 2.21. The first-order valence-electron chi connectivity index (χ1n) is 5.16. The summed E-state index contributed by atoms with van der Waals surface area (Å²) in [6.07, 6.45) is 1.85. The highest BCUT2D eigenvalue weighted by molar-refractivity contribution is 9.10. The molecule has 96 valence electrons. The van der Waals surface area contributed by atoms with Crippen LogP contribution in [0.5, 0.6) is 0 Å². The van der Waals surface area contributed by atoms with Gasteiger partial charge in [0.25, 0.3) is 0 Å². The molecular formula is C12H13BrN2O3. The van der Waals surface area contributed by atoms with Gasteiger partial charge in [-0.1, -0.05) is 22.0 Å². The van der Waals surface area contributed by atoms with E-state index in [-0.39, 0.29) is 11.3 Å². The molecule has 1 rings (SSSR count). The van der Waals surface area contributed by atoms with Gasteiger partial charge in [-0.25, -0.2) is 4.79 Å². The molecule has 4 N–H and O–H groups in total. The van der Waals surface area contributed by atoms with Gasteiger partial charge in [0.05, 0.1) is 17.3 Å². The van der Waals surface area contributed by atoms with Crippen LogP contribution in [-0.2, 0) is 4.79 Å². The predicted molar refractivity (Wildman–Crippen MR) is 72.5 cm³/mol. The quantitative estimate of drug-likeness (QED) is 0.725. The van der Waals surface area contributed by atoms with E-state index >= 15 is 0 Å². The van der Waals surface area contributed by atoms with Crippen molar-refractivity contribution >= 4 is 33.5 Å². The lowest BCUT2D eigenvalue weighted by Crippen LogP contribution is -2.35. The lowest BCUT2D eigenvalue weighted by molar-refractivity contribution is -0.117. The first-order chi connectivity index (χ1) is 8.45. The van der Waals surface area contributed by atoms with Gasteiger partial charge in [0.2, 0.25) is 5.91 Å². The summed E-state index contributed by atoms with van der Waals surface area (Å²) in [7, 11) is 0. The summed E-state index contributed by atoms with van der Waals surface area (Å²) in [6.45, 7) is 3.49. The number of amides is 1. The molecule has 1 unspecified atom stereocenters. The minimum absolute atomic E-state index is 0.0114. The standard InChI is InChI=1S/C12H13BrN2O3/c1-2-3-9(14)11(16)15-10-6-7(13)4-5-8(10)12(17)18/h2,4-6,9H,1,3,14H2,(H,15,16)(H,17,18). The predicted octanol–water partition coefficient (Wildman–Crippen LogP) is 1.99. The highest BCUT2D eigenvalue weighted by Gasteiger charge is 2.16. The Morgan fingerprint density at radius 1 is 1.56 bits per heavy atom. The van der Waals surface area contributed by atoms with E-state index in [0.29, 0.717) is 10.9 Å². The third kappa shape index (κ3) is 3.68. The van der Waals surface area contributed by atoms with E-state index in [0.717, 1.165) is 0 Å². The van der Waals surface area contributed by atoms with E-state index < -0.39 is 17.9 Å². The van der Waals surface area contributed by atoms with Gasteiger partial charge in [-0.05, 0) is 24.6 Å². The van der Waals surface area contributed by atoms with Crippen LogP contribution in [0.25, 0.3) is 0 Å². The second kappa shape index (κ2) is 6.32. The molecule has 0 fully saturated rings. The van der Waals surface area contributed by atoms with Crippen LogP contribution in [0.4, 0.5) is 5.69 Å². The zero-order valence-electron chi connectivity index (χ0n) is 9.52. The molecule has 0 radical (unpaired) electrons. The van der Waals surface area contributed by atoms with Crippen molar-refractivity contribution in [3.8, 4) is 0 Å². The van der Waals surface area contributed by atoms with E-state index in [1.165, 1.54) is 18.2 Å². The Labute approximate surface area is 113 Å². The number of carbonyl (C=O) groups excluding carboxylic acids is 1. The molecule has 0 saturated carbocycles. The third-order valence-electron chi connectivity index (χ3n) is 2.23. The fourth-order valence-corrected chi connectivity index (χ4v) is 1.68. The molecule has 0 spiro atoms. The van der Waals surface area contributed by atoms with E-state index in [2.05, 4.69) is 27.8 Å². The average Bonchev–Trinajstić information content (AvgIpc) is 2.28. The van der Waals surface area contributed by atoms with Crippen LogP contribution in [0.3, 0.4) is 0 Å². The van der Waals surface area contributed by atoms with Gasteiger partial charge in [-0.15, -0.1) is 6.58 Å². The molecule has 1 aromatic rings. The number of hydrogen-bond donors (Lipinski definition) is 3. The van der Waals surface area contributed by atoms with Crippen LogP contribution in [-0.4, -0.2) is 23.0 Å². The summed E-state index contributed by atoms with van der Waals surface area (Å²) in [4.78, 5) is 22.7. The summed E-state index contributed by atoms with van der Waals surface area (Å²) in [5, 5.41) is 11.5. The van der Waals surface area contributed by atoms with E-state index in [9.17, 15) is 9.59 Å². The Kier molecular flexibility index (Phi) is 5.06. The van der Waals surface area contributed by atoms with Crippen LogP contribution in [0.1, 0.15) is 16.8 Å². The zero-order valence-corrected chi connectivity index (χ0v) is 11.1. The minimum atomic E-state index is -1.12.